The number of carbonyl (C=O) groups is 1. The first kappa shape index (κ1) is 14.7. The molecule has 2 aromatic heterocycles. The minimum Gasteiger partial charge on any atom is -0.394 e. The van der Waals surface area contributed by atoms with Crippen molar-refractivity contribution in [1.29, 1.82) is 0 Å². The quantitative estimate of drug-likeness (QED) is 0.422. The molecular weight excluding hydrogens is 294 g/mol. The molecule has 1 aliphatic rings. The predicted molar refractivity (Wildman–Crippen MR) is 73.5 cm³/mol. The van der Waals surface area contributed by atoms with Crippen molar-refractivity contribution in [3.05, 3.63) is 18.1 Å². The lowest BCUT2D eigenvalue weighted by atomic mass is 10.1. The van der Waals surface area contributed by atoms with Gasteiger partial charge in [0.15, 0.2) is 6.23 Å². The number of primary amides is 1. The molecule has 2 aromatic rings. The first-order valence-electron chi connectivity index (χ1n) is 6.49. The SMILES string of the molecule is NC(=O)c1cn([C@H]2O[C@@H](CO)[C@H](O)[C@@H]2O)c2ncnc(N)c12. The number of rotatable bonds is 3. The Morgan fingerprint density at radius 2 is 2.09 bits per heavy atom. The van der Waals surface area contributed by atoms with Crippen LogP contribution in [0.5, 0.6) is 0 Å². The zero-order chi connectivity index (χ0) is 16.0. The van der Waals surface area contributed by atoms with Gasteiger partial charge < -0.3 is 36.1 Å². The van der Waals surface area contributed by atoms with E-state index in [4.69, 9.17) is 21.3 Å². The number of nitrogens with zero attached hydrogens (tertiary/aromatic N) is 3. The van der Waals surface area contributed by atoms with Crippen LogP contribution in [-0.4, -0.2) is 60.7 Å². The van der Waals surface area contributed by atoms with Crippen LogP contribution in [0.3, 0.4) is 0 Å². The van der Waals surface area contributed by atoms with E-state index in [1.807, 2.05) is 0 Å². The number of fused-ring (bicyclic) bond motifs is 1. The Bertz CT molecular complexity index is 732. The summed E-state index contributed by atoms with van der Waals surface area (Å²) in [6.45, 7) is -0.465. The van der Waals surface area contributed by atoms with Crippen molar-refractivity contribution in [3.8, 4) is 0 Å². The number of aromatic nitrogens is 3. The molecule has 118 valence electrons. The van der Waals surface area contributed by atoms with Crippen molar-refractivity contribution in [1.82, 2.24) is 14.5 Å². The van der Waals surface area contributed by atoms with Crippen molar-refractivity contribution in [2.45, 2.75) is 24.5 Å². The van der Waals surface area contributed by atoms with E-state index in [2.05, 4.69) is 9.97 Å². The van der Waals surface area contributed by atoms with Crippen LogP contribution in [0.2, 0.25) is 0 Å². The summed E-state index contributed by atoms with van der Waals surface area (Å²) in [5.41, 5.74) is 11.4. The summed E-state index contributed by atoms with van der Waals surface area (Å²) >= 11 is 0. The molecule has 1 saturated heterocycles. The molecule has 0 spiro atoms. The highest BCUT2D eigenvalue weighted by Gasteiger charge is 2.44. The van der Waals surface area contributed by atoms with Crippen LogP contribution in [0.25, 0.3) is 11.0 Å². The monoisotopic (exact) mass is 309 g/mol. The molecule has 1 aliphatic heterocycles. The lowest BCUT2D eigenvalue weighted by molar-refractivity contribution is -0.0508. The summed E-state index contributed by atoms with van der Waals surface area (Å²) in [7, 11) is 0. The van der Waals surface area contributed by atoms with E-state index in [9.17, 15) is 15.0 Å². The molecule has 4 atom stereocenters. The van der Waals surface area contributed by atoms with Crippen LogP contribution in [-0.2, 0) is 4.74 Å². The van der Waals surface area contributed by atoms with E-state index in [0.717, 1.165) is 0 Å². The third kappa shape index (κ3) is 2.01. The topological polar surface area (TPSA) is 170 Å². The van der Waals surface area contributed by atoms with E-state index in [-0.39, 0.29) is 22.4 Å². The smallest absolute Gasteiger partial charge is 0.251 e. The molecule has 3 rings (SSSR count). The zero-order valence-corrected chi connectivity index (χ0v) is 11.3. The lowest BCUT2D eigenvalue weighted by Gasteiger charge is -2.17. The number of aliphatic hydroxyl groups excluding tert-OH is 3. The van der Waals surface area contributed by atoms with E-state index in [0.29, 0.717) is 0 Å². The molecule has 1 amide bonds. The second-order valence-corrected chi connectivity index (χ2v) is 5.00. The number of anilines is 1. The fourth-order valence-electron chi connectivity index (χ4n) is 2.60. The molecule has 1 fully saturated rings. The molecule has 0 unspecified atom stereocenters. The van der Waals surface area contributed by atoms with E-state index < -0.39 is 37.1 Å². The van der Waals surface area contributed by atoms with Crippen molar-refractivity contribution < 1.29 is 24.9 Å². The van der Waals surface area contributed by atoms with Gasteiger partial charge in [0.2, 0.25) is 0 Å². The number of hydrogen-bond donors (Lipinski definition) is 5. The molecule has 0 bridgehead atoms. The molecule has 22 heavy (non-hydrogen) atoms. The summed E-state index contributed by atoms with van der Waals surface area (Å²) in [5.74, 6) is -0.679. The number of hydrogen-bond acceptors (Lipinski definition) is 8. The van der Waals surface area contributed by atoms with Crippen molar-refractivity contribution in [2.75, 3.05) is 12.3 Å². The maximum absolute atomic E-state index is 11.6. The highest BCUT2D eigenvalue weighted by Crippen LogP contribution is 2.34. The molecule has 10 heteroatoms. The number of nitrogens with two attached hydrogens (primary N) is 2. The third-order valence-corrected chi connectivity index (χ3v) is 3.70. The van der Waals surface area contributed by atoms with E-state index >= 15 is 0 Å². The predicted octanol–water partition coefficient (Wildman–Crippen LogP) is -2.28. The molecule has 10 nitrogen and oxygen atoms in total. The minimum absolute atomic E-state index is 0.0595. The lowest BCUT2D eigenvalue weighted by Crippen LogP contribution is -2.33. The van der Waals surface area contributed by atoms with Gasteiger partial charge in [-0.05, 0) is 0 Å². The van der Waals surface area contributed by atoms with Gasteiger partial charge in [0.1, 0.15) is 36.1 Å². The summed E-state index contributed by atoms with van der Waals surface area (Å²) in [5, 5.41) is 29.3. The molecule has 7 N–H and O–H groups in total. The Balaban J connectivity index is 2.16. The highest BCUT2D eigenvalue weighted by molar-refractivity contribution is 6.08. The highest BCUT2D eigenvalue weighted by atomic mass is 16.6. The number of amides is 1. The van der Waals surface area contributed by atoms with Gasteiger partial charge in [0.05, 0.1) is 17.6 Å². The fourth-order valence-corrected chi connectivity index (χ4v) is 2.60. The van der Waals surface area contributed by atoms with Crippen LogP contribution in [0, 0.1) is 0 Å². The van der Waals surface area contributed by atoms with Crippen LogP contribution in [0.15, 0.2) is 12.5 Å². The Kier molecular flexibility index (Phi) is 3.45. The molecular formula is C12H15N5O5. The Morgan fingerprint density at radius 1 is 1.36 bits per heavy atom. The summed E-state index contributed by atoms with van der Waals surface area (Å²) in [6, 6.07) is 0. The Labute approximate surface area is 123 Å². The first-order chi connectivity index (χ1) is 10.5. The standard InChI is InChI=1S/C12H15N5O5/c13-9-6-4(10(14)21)1-17(11(6)16-3-15-9)12-8(20)7(19)5(2-18)22-12/h1,3,5,7-8,12,18-20H,2H2,(H2,14,21)(H2,13,15,16)/t5-,7-,8-,12-/m0/s1. The number of ether oxygens (including phenoxy) is 1. The maximum Gasteiger partial charge on any atom is 0.251 e. The molecule has 0 aliphatic carbocycles. The Morgan fingerprint density at radius 3 is 2.68 bits per heavy atom. The number of nitrogen functional groups attached to an aromatic ring is 1. The van der Waals surface area contributed by atoms with Crippen LogP contribution in [0.1, 0.15) is 16.6 Å². The number of aliphatic hydroxyl groups is 3. The maximum atomic E-state index is 11.6. The average molecular weight is 309 g/mol. The van der Waals surface area contributed by atoms with E-state index in [1.54, 1.807) is 0 Å². The summed E-state index contributed by atoms with van der Waals surface area (Å²) in [6.07, 6.45) is -2.06. The molecule has 0 aromatic carbocycles. The van der Waals surface area contributed by atoms with Crippen LogP contribution in [0.4, 0.5) is 5.82 Å². The average Bonchev–Trinajstić information content (AvgIpc) is 3.00. The van der Waals surface area contributed by atoms with Gasteiger partial charge in [0, 0.05) is 6.20 Å². The summed E-state index contributed by atoms with van der Waals surface area (Å²) in [4.78, 5) is 19.4. The van der Waals surface area contributed by atoms with Gasteiger partial charge in [-0.3, -0.25) is 4.79 Å². The van der Waals surface area contributed by atoms with Crippen molar-refractivity contribution in [3.63, 3.8) is 0 Å². The van der Waals surface area contributed by atoms with E-state index in [1.165, 1.54) is 17.1 Å². The largest absolute Gasteiger partial charge is 0.394 e. The fraction of sp³-hybridized carbons (Fsp3) is 0.417. The van der Waals surface area contributed by atoms with Crippen molar-refractivity contribution >= 4 is 22.8 Å². The zero-order valence-electron chi connectivity index (χ0n) is 11.3. The normalized spacial score (nSPS) is 28.3. The van der Waals surface area contributed by atoms with Gasteiger partial charge in [-0.25, -0.2) is 9.97 Å². The minimum atomic E-state index is -1.32. The van der Waals surface area contributed by atoms with Crippen LogP contribution >= 0.6 is 0 Å². The van der Waals surface area contributed by atoms with Gasteiger partial charge in [0.25, 0.3) is 5.91 Å². The van der Waals surface area contributed by atoms with Gasteiger partial charge in [-0.1, -0.05) is 0 Å². The second-order valence-electron chi connectivity index (χ2n) is 5.00. The molecule has 0 saturated carbocycles. The van der Waals surface area contributed by atoms with Crippen molar-refractivity contribution in [2.24, 2.45) is 5.73 Å². The molecule has 0 radical (unpaired) electrons. The van der Waals surface area contributed by atoms with Gasteiger partial charge in [-0.15, -0.1) is 0 Å². The van der Waals surface area contributed by atoms with Crippen LogP contribution < -0.4 is 11.5 Å². The second kappa shape index (κ2) is 5.18. The van der Waals surface area contributed by atoms with Gasteiger partial charge >= 0.3 is 0 Å². The third-order valence-electron chi connectivity index (χ3n) is 3.70. The first-order valence-corrected chi connectivity index (χ1v) is 6.49. The number of carbonyl (C=O) groups excluding carboxylic acids is 1. The molecule has 3 heterocycles. The van der Waals surface area contributed by atoms with Gasteiger partial charge in [-0.2, -0.15) is 0 Å². The summed E-state index contributed by atoms with van der Waals surface area (Å²) < 4.78 is 6.77. The Hall–Kier alpha value is -2.27.